The summed E-state index contributed by atoms with van der Waals surface area (Å²) in [7, 11) is 0. The Balaban J connectivity index is 0.000000127. The molecule has 3 nitrogen and oxygen atoms in total. The van der Waals surface area contributed by atoms with Gasteiger partial charge >= 0.3 is 0 Å². The molecule has 0 saturated heterocycles. The van der Waals surface area contributed by atoms with E-state index in [9.17, 15) is 0 Å². The van der Waals surface area contributed by atoms with E-state index in [1.54, 1.807) is 0 Å². The lowest BCUT2D eigenvalue weighted by atomic mass is 9.99. The van der Waals surface area contributed by atoms with E-state index in [4.69, 9.17) is 0 Å². The summed E-state index contributed by atoms with van der Waals surface area (Å²) in [4.78, 5) is 0. The van der Waals surface area contributed by atoms with Gasteiger partial charge in [-0.1, -0.05) is 319 Å². The number of benzene rings is 16. The van der Waals surface area contributed by atoms with Crippen molar-refractivity contribution in [2.75, 3.05) is 0 Å². The molecule has 19 aromatic rings. The van der Waals surface area contributed by atoms with E-state index in [0.717, 1.165) is 22.3 Å². The Kier molecular flexibility index (Phi) is 16.8. The first-order valence-electron chi connectivity index (χ1n) is 34.6. The Morgan fingerprint density at radius 3 is 0.961 bits per heavy atom. The van der Waals surface area contributed by atoms with Crippen molar-refractivity contribution in [3.63, 3.8) is 0 Å². The summed E-state index contributed by atoms with van der Waals surface area (Å²) in [5, 5.41) is 7.78. The quantitative estimate of drug-likeness (QED) is 0.128. The summed E-state index contributed by atoms with van der Waals surface area (Å²) in [6.07, 6.45) is 1.02. The topological polar surface area (TPSA) is 14.8 Å². The van der Waals surface area contributed by atoms with Gasteiger partial charge in [-0.2, -0.15) is 0 Å². The molecule has 0 saturated carbocycles. The van der Waals surface area contributed by atoms with Crippen LogP contribution in [0, 0.1) is 0 Å². The summed E-state index contributed by atoms with van der Waals surface area (Å²) >= 11 is 3.51. The van der Waals surface area contributed by atoms with Gasteiger partial charge in [-0.25, -0.2) is 0 Å². The molecule has 0 aliphatic heterocycles. The van der Waals surface area contributed by atoms with E-state index in [-0.39, 0.29) is 8.41 Å². The highest BCUT2D eigenvalue weighted by Crippen LogP contribution is 2.47. The molecule has 479 valence electrons. The number of nitrogens with zero attached hydrogens (tertiary/aromatic N) is 3. The number of hydrogen-bond donors (Lipinski definition) is 0. The fourth-order valence-electron chi connectivity index (χ4n) is 15.4. The molecule has 16 aromatic carbocycles. The Morgan fingerprint density at radius 1 is 0.206 bits per heavy atom. The molecule has 0 atom stereocenters. The number of hydrogen-bond acceptors (Lipinski definition) is 0. The predicted molar refractivity (Wildman–Crippen MR) is 437 cm³/mol. The Morgan fingerprint density at radius 2 is 0.520 bits per heavy atom. The van der Waals surface area contributed by atoms with Crippen LogP contribution in [0.15, 0.2) is 393 Å². The van der Waals surface area contributed by atoms with E-state index < -0.39 is 0 Å². The second-order valence-corrected chi connectivity index (χ2v) is 26.9. The van der Waals surface area contributed by atoms with Crippen molar-refractivity contribution in [3.8, 4) is 95.0 Å². The predicted octanol–water partition coefficient (Wildman–Crippen LogP) is 26.3. The van der Waals surface area contributed by atoms with Crippen LogP contribution < -0.4 is 0 Å². The van der Waals surface area contributed by atoms with Crippen LogP contribution in [0.5, 0.6) is 0 Å². The Labute approximate surface area is 604 Å². The molecule has 0 amide bonds. The van der Waals surface area contributed by atoms with Crippen LogP contribution in [0.4, 0.5) is 0 Å². The molecule has 1 aliphatic carbocycles. The fourth-order valence-corrected chi connectivity index (χ4v) is 15.8. The van der Waals surface area contributed by atoms with Gasteiger partial charge in [-0.15, -0.1) is 0 Å². The average molecular weight is 1360 g/mol. The molecule has 0 bridgehead atoms. The van der Waals surface area contributed by atoms with Crippen molar-refractivity contribution in [3.05, 3.63) is 404 Å². The third-order valence-corrected chi connectivity index (χ3v) is 20.6. The Hall–Kier alpha value is -12.5. The number of fused-ring (bicyclic) bond motifs is 14. The van der Waals surface area contributed by atoms with Gasteiger partial charge in [0.25, 0.3) is 0 Å². The molecule has 3 aromatic heterocycles. The fraction of sp³-hybridized carbons (Fsp3) is 0.0103. The van der Waals surface area contributed by atoms with Crippen molar-refractivity contribution >= 4 is 89.8 Å². The van der Waals surface area contributed by atoms with Gasteiger partial charge in [0.1, 0.15) is 0 Å². The summed E-state index contributed by atoms with van der Waals surface area (Å²) < 4.78 is 8.38. The number of para-hydroxylation sites is 3. The first-order valence-corrected chi connectivity index (χ1v) is 35.4. The summed E-state index contributed by atoms with van der Waals surface area (Å²) in [6.45, 7) is 0. The van der Waals surface area contributed by atoms with E-state index in [1.807, 2.05) is 12.1 Å². The minimum Gasteiger partial charge on any atom is -0.309 e. The van der Waals surface area contributed by atoms with E-state index in [0.29, 0.717) is 0 Å². The molecule has 0 unspecified atom stereocenters. The van der Waals surface area contributed by atoms with Crippen LogP contribution in [-0.2, 0) is 6.42 Å². The van der Waals surface area contributed by atoms with Crippen molar-refractivity contribution < 1.29 is 0 Å². The molecule has 5 heteroatoms. The molecule has 0 fully saturated rings. The van der Waals surface area contributed by atoms with Crippen LogP contribution in [0.1, 0.15) is 11.1 Å². The molecule has 1 aliphatic rings. The summed E-state index contributed by atoms with van der Waals surface area (Å²) in [5.41, 5.74) is 31.3. The smallest absolute Gasteiger partial charge is 0.0548 e. The van der Waals surface area contributed by atoms with Crippen LogP contribution in [-0.4, -0.2) is 22.1 Å². The van der Waals surface area contributed by atoms with Crippen LogP contribution in [0.25, 0.3) is 160 Å². The molecule has 0 N–H and O–H groups in total. The zero-order valence-electron chi connectivity index (χ0n) is 56.0. The van der Waals surface area contributed by atoms with Gasteiger partial charge < -0.3 is 13.7 Å². The third-order valence-electron chi connectivity index (χ3n) is 20.1. The second-order valence-electron chi connectivity index (χ2n) is 26.0. The highest BCUT2D eigenvalue weighted by Gasteiger charge is 2.25. The SMILES string of the molecule is Brc1cccc(-c2ccc(-c3ccccc3)cc2)c1.[B].c1ccc(-c2ccc(-c3cccc(-n4c5ccccc5c5c6c7ccccc7n(-c7ccc(-c8ccccc8)cc7)c6ccc54)c3)cc2)cc1.c1ccc(-c2ccc(-n3c4ccccc4c4c5c(ccc43)Cc3ccccc3-5)cc2)cc1. The van der Waals surface area contributed by atoms with Crippen molar-refractivity contribution in [1.29, 1.82) is 0 Å². The van der Waals surface area contributed by atoms with Crippen molar-refractivity contribution in [1.82, 2.24) is 13.7 Å². The number of rotatable bonds is 9. The lowest BCUT2D eigenvalue weighted by Crippen LogP contribution is -1.95. The minimum atomic E-state index is 0. The lowest BCUT2D eigenvalue weighted by Gasteiger charge is -2.12. The zero-order chi connectivity index (χ0) is 67.2. The van der Waals surface area contributed by atoms with Gasteiger partial charge in [0.2, 0.25) is 0 Å². The third kappa shape index (κ3) is 11.6. The largest absolute Gasteiger partial charge is 0.309 e. The average Bonchev–Trinajstić information content (AvgIpc) is 1.56. The van der Waals surface area contributed by atoms with Gasteiger partial charge in [0.05, 0.1) is 33.1 Å². The highest BCUT2D eigenvalue weighted by molar-refractivity contribution is 9.10. The molecule has 3 heterocycles. The van der Waals surface area contributed by atoms with Crippen molar-refractivity contribution in [2.45, 2.75) is 6.42 Å². The first kappa shape index (κ1) is 62.9. The number of aromatic nitrogens is 3. The minimum absolute atomic E-state index is 0. The van der Waals surface area contributed by atoms with Gasteiger partial charge in [-0.3, -0.25) is 0 Å². The maximum Gasteiger partial charge on any atom is 0.0548 e. The maximum atomic E-state index is 3.51. The van der Waals surface area contributed by atoms with Crippen molar-refractivity contribution in [2.24, 2.45) is 0 Å². The van der Waals surface area contributed by atoms with E-state index >= 15 is 0 Å². The van der Waals surface area contributed by atoms with Crippen LogP contribution in [0.3, 0.4) is 0 Å². The van der Waals surface area contributed by atoms with Crippen LogP contribution in [0.2, 0.25) is 0 Å². The standard InChI is InChI=1S/C48H32N2.C31H21N.C18H13Br.B/c1-3-12-33(13-4-1)35-22-24-37(25-23-35)38-16-11-17-40(32-38)50-44-21-10-8-19-42(44)48-46(50)31-30-45-47(48)41-18-7-9-20-43(41)49(45)39-28-26-36(27-29-39)34-14-5-2-6-15-34;1-2-8-21(9-3-1)22-14-17-25(18-15-22)32-28-13-7-6-12-27(28)31-29(32)19-16-24-20-23-10-4-5-11-26(23)30(24)31;19-18-8-4-7-17(13-18)16-11-9-15(10-12-16)14-5-2-1-3-6-14;/h1-32H;1-19H,20H2;1-13H;. The molecular weight excluding hydrogens is 1300 g/mol. The van der Waals surface area contributed by atoms with Gasteiger partial charge in [0, 0.05) is 62.3 Å². The normalized spacial score (nSPS) is 11.5. The first-order chi connectivity index (χ1) is 50.0. The molecule has 102 heavy (non-hydrogen) atoms. The van der Waals surface area contributed by atoms with E-state index in [2.05, 4.69) is 406 Å². The summed E-state index contributed by atoms with van der Waals surface area (Å²) in [5.74, 6) is 0. The molecule has 0 spiro atoms. The summed E-state index contributed by atoms with van der Waals surface area (Å²) in [6, 6.07) is 140. The van der Waals surface area contributed by atoms with Gasteiger partial charge in [-0.05, 0) is 180 Å². The number of halogens is 1. The zero-order valence-corrected chi connectivity index (χ0v) is 57.5. The van der Waals surface area contributed by atoms with E-state index in [1.165, 1.54) is 160 Å². The lowest BCUT2D eigenvalue weighted by molar-refractivity contribution is 1.17. The van der Waals surface area contributed by atoms with Crippen LogP contribution >= 0.6 is 15.9 Å². The second kappa shape index (κ2) is 27.3. The Bertz CT molecular complexity index is 6240. The highest BCUT2D eigenvalue weighted by atomic mass is 79.9. The monoisotopic (exact) mass is 1360 g/mol. The maximum absolute atomic E-state index is 3.51. The molecule has 20 rings (SSSR count). The molecule has 3 radical (unpaired) electrons. The van der Waals surface area contributed by atoms with Gasteiger partial charge in [0.15, 0.2) is 0 Å². The molecular formula is C97H66BBrN3.